The van der Waals surface area contributed by atoms with Crippen LogP contribution in [0.5, 0.6) is 5.75 Å². The van der Waals surface area contributed by atoms with Crippen LogP contribution in [0, 0.1) is 13.8 Å². The summed E-state index contributed by atoms with van der Waals surface area (Å²) >= 11 is 0. The van der Waals surface area contributed by atoms with Gasteiger partial charge in [-0.15, -0.1) is 0 Å². The molecule has 8 nitrogen and oxygen atoms in total. The Morgan fingerprint density at radius 1 is 1.06 bits per heavy atom. The molecule has 34 heavy (non-hydrogen) atoms. The summed E-state index contributed by atoms with van der Waals surface area (Å²) in [6.45, 7) is 10.6. The Balaban J connectivity index is 1.68. The second-order valence-electron chi connectivity index (χ2n) is 8.81. The van der Waals surface area contributed by atoms with Crippen molar-refractivity contribution in [2.24, 2.45) is 0 Å². The zero-order valence-electron chi connectivity index (χ0n) is 20.3. The van der Waals surface area contributed by atoms with E-state index in [1.54, 1.807) is 35.6 Å². The molecule has 3 heterocycles. The van der Waals surface area contributed by atoms with Crippen LogP contribution >= 0.6 is 0 Å². The van der Waals surface area contributed by atoms with E-state index < -0.39 is 5.41 Å². The average molecular weight is 461 g/mol. The largest absolute Gasteiger partial charge is 0.508 e. The second kappa shape index (κ2) is 9.75. The maximum absolute atomic E-state index is 12.7. The molecule has 4 rings (SSSR count). The van der Waals surface area contributed by atoms with Gasteiger partial charge in [0.25, 0.3) is 5.91 Å². The maximum Gasteiger partial charge on any atom is 0.256 e. The van der Waals surface area contributed by atoms with E-state index in [0.29, 0.717) is 24.5 Å². The van der Waals surface area contributed by atoms with Crippen LogP contribution in [0.4, 0.5) is 5.82 Å². The average Bonchev–Trinajstić information content (AvgIpc) is 2.86. The van der Waals surface area contributed by atoms with Gasteiger partial charge in [0.05, 0.1) is 22.4 Å². The molecule has 1 fully saturated rings. The first kappa shape index (κ1) is 23.6. The Labute approximate surface area is 200 Å². The van der Waals surface area contributed by atoms with Gasteiger partial charge in [0.2, 0.25) is 0 Å². The number of benzene rings is 1. The number of anilines is 1. The lowest BCUT2D eigenvalue weighted by Crippen LogP contribution is -2.45. The van der Waals surface area contributed by atoms with Gasteiger partial charge in [-0.1, -0.05) is 12.1 Å². The molecule has 0 spiro atoms. The molecule has 0 radical (unpaired) electrons. The standard InChI is InChI=1S/C26H32N6O2/c1-5-31(6-2)24(34)20-16-28-25(29-17-20)26(21-8-7-9-22(33)14-21)10-12-32(13-11-26)23-19(4)27-15-18(3)30-23/h7-9,14-17,33H,5-6,10-13H2,1-4H3. The van der Waals surface area contributed by atoms with E-state index in [9.17, 15) is 9.90 Å². The number of carbonyl (C=O) groups excluding carboxylic acids is 1. The summed E-state index contributed by atoms with van der Waals surface area (Å²) in [6, 6.07) is 7.34. The molecule has 0 saturated carbocycles. The molecule has 0 unspecified atom stereocenters. The van der Waals surface area contributed by atoms with Crippen molar-refractivity contribution in [3.63, 3.8) is 0 Å². The van der Waals surface area contributed by atoms with E-state index in [0.717, 1.165) is 48.7 Å². The Bertz CT molecular complexity index is 1150. The lowest BCUT2D eigenvalue weighted by molar-refractivity contribution is 0.0772. The number of aryl methyl sites for hydroxylation is 2. The predicted molar refractivity (Wildman–Crippen MR) is 131 cm³/mol. The second-order valence-corrected chi connectivity index (χ2v) is 8.81. The van der Waals surface area contributed by atoms with Gasteiger partial charge in [-0.2, -0.15) is 0 Å². The highest BCUT2D eigenvalue weighted by atomic mass is 16.3. The van der Waals surface area contributed by atoms with Crippen LogP contribution in [0.25, 0.3) is 0 Å². The molecule has 3 aromatic rings. The molecule has 1 aliphatic heterocycles. The van der Waals surface area contributed by atoms with Crippen molar-refractivity contribution in [1.82, 2.24) is 24.8 Å². The number of amides is 1. The number of hydrogen-bond donors (Lipinski definition) is 1. The molecular formula is C26H32N6O2. The maximum atomic E-state index is 12.7. The van der Waals surface area contributed by atoms with Gasteiger partial charge in [0, 0.05) is 44.8 Å². The fourth-order valence-electron chi connectivity index (χ4n) is 4.75. The molecule has 0 aliphatic carbocycles. The van der Waals surface area contributed by atoms with Gasteiger partial charge in [-0.3, -0.25) is 9.78 Å². The molecule has 1 saturated heterocycles. The minimum absolute atomic E-state index is 0.0636. The topological polar surface area (TPSA) is 95.3 Å². The van der Waals surface area contributed by atoms with Crippen molar-refractivity contribution in [2.75, 3.05) is 31.1 Å². The molecule has 1 aliphatic rings. The van der Waals surface area contributed by atoms with Gasteiger partial charge < -0.3 is 14.9 Å². The minimum Gasteiger partial charge on any atom is -0.508 e. The van der Waals surface area contributed by atoms with Crippen molar-refractivity contribution in [1.29, 1.82) is 0 Å². The number of phenolic OH excluding ortho intramolecular Hbond substituents is 1. The summed E-state index contributed by atoms with van der Waals surface area (Å²) in [5, 5.41) is 10.2. The first-order chi connectivity index (χ1) is 16.4. The lowest BCUT2D eigenvalue weighted by atomic mass is 9.72. The fourth-order valence-corrected chi connectivity index (χ4v) is 4.75. The molecule has 1 N–H and O–H groups in total. The third-order valence-corrected chi connectivity index (χ3v) is 6.74. The Hall–Kier alpha value is -3.55. The highest BCUT2D eigenvalue weighted by molar-refractivity contribution is 5.93. The summed E-state index contributed by atoms with van der Waals surface area (Å²) in [4.78, 5) is 35.3. The monoisotopic (exact) mass is 460 g/mol. The molecule has 0 atom stereocenters. The number of phenols is 1. The Kier molecular flexibility index (Phi) is 6.77. The third-order valence-electron chi connectivity index (χ3n) is 6.74. The van der Waals surface area contributed by atoms with E-state index in [2.05, 4.69) is 9.88 Å². The summed E-state index contributed by atoms with van der Waals surface area (Å²) < 4.78 is 0. The molecule has 178 valence electrons. The summed E-state index contributed by atoms with van der Waals surface area (Å²) in [5.74, 6) is 1.73. The van der Waals surface area contributed by atoms with Crippen molar-refractivity contribution < 1.29 is 9.90 Å². The van der Waals surface area contributed by atoms with Crippen molar-refractivity contribution in [2.45, 2.75) is 46.0 Å². The number of nitrogens with zero attached hydrogens (tertiary/aromatic N) is 6. The molecule has 2 aromatic heterocycles. The molecular weight excluding hydrogens is 428 g/mol. The van der Waals surface area contributed by atoms with Crippen LogP contribution in [0.2, 0.25) is 0 Å². The van der Waals surface area contributed by atoms with Crippen molar-refractivity contribution in [3.05, 3.63) is 71.2 Å². The molecule has 1 amide bonds. The van der Waals surface area contributed by atoms with Crippen molar-refractivity contribution in [3.8, 4) is 5.75 Å². The third kappa shape index (κ3) is 4.44. The number of piperidine rings is 1. The summed E-state index contributed by atoms with van der Waals surface area (Å²) in [6.07, 6.45) is 6.55. The number of hydrogen-bond acceptors (Lipinski definition) is 7. The Morgan fingerprint density at radius 2 is 1.74 bits per heavy atom. The van der Waals surface area contributed by atoms with Crippen LogP contribution < -0.4 is 4.90 Å². The fraction of sp³-hybridized carbons (Fsp3) is 0.423. The van der Waals surface area contributed by atoms with Gasteiger partial charge in [-0.25, -0.2) is 15.0 Å². The molecule has 8 heteroatoms. The zero-order chi connectivity index (χ0) is 24.3. The van der Waals surface area contributed by atoms with E-state index in [-0.39, 0.29) is 11.7 Å². The van der Waals surface area contributed by atoms with E-state index in [1.165, 1.54) is 0 Å². The number of carbonyl (C=O) groups is 1. The zero-order valence-corrected chi connectivity index (χ0v) is 20.3. The van der Waals surface area contributed by atoms with Gasteiger partial charge in [0.15, 0.2) is 0 Å². The SMILES string of the molecule is CCN(CC)C(=O)c1cnc(C2(c3cccc(O)c3)CCN(c3nc(C)cnc3C)CC2)nc1. The number of aromatic nitrogens is 4. The van der Waals surface area contributed by atoms with Crippen LogP contribution in [0.15, 0.2) is 42.9 Å². The highest BCUT2D eigenvalue weighted by Gasteiger charge is 2.41. The van der Waals surface area contributed by atoms with E-state index >= 15 is 0 Å². The Morgan fingerprint density at radius 3 is 2.35 bits per heavy atom. The van der Waals surface area contributed by atoms with Crippen molar-refractivity contribution >= 4 is 11.7 Å². The first-order valence-corrected chi connectivity index (χ1v) is 11.8. The normalized spacial score (nSPS) is 15.2. The van der Waals surface area contributed by atoms with Gasteiger partial charge in [0.1, 0.15) is 17.4 Å². The summed E-state index contributed by atoms with van der Waals surface area (Å²) in [5.41, 5.74) is 2.79. The highest BCUT2D eigenvalue weighted by Crippen LogP contribution is 2.42. The first-order valence-electron chi connectivity index (χ1n) is 11.8. The number of rotatable bonds is 6. The quantitative estimate of drug-likeness (QED) is 0.600. The van der Waals surface area contributed by atoms with Crippen LogP contribution in [-0.4, -0.2) is 62.0 Å². The predicted octanol–water partition coefficient (Wildman–Crippen LogP) is 3.66. The minimum atomic E-state index is -0.475. The van der Waals surface area contributed by atoms with E-state index in [1.807, 2.05) is 39.8 Å². The number of aromatic hydroxyl groups is 1. The van der Waals surface area contributed by atoms with Gasteiger partial charge >= 0.3 is 0 Å². The van der Waals surface area contributed by atoms with Gasteiger partial charge in [-0.05, 0) is 58.2 Å². The summed E-state index contributed by atoms with van der Waals surface area (Å²) in [7, 11) is 0. The lowest BCUT2D eigenvalue weighted by Gasteiger charge is -2.42. The molecule has 1 aromatic carbocycles. The van der Waals surface area contributed by atoms with Crippen LogP contribution in [-0.2, 0) is 5.41 Å². The molecule has 0 bridgehead atoms. The smallest absolute Gasteiger partial charge is 0.256 e. The van der Waals surface area contributed by atoms with E-state index in [4.69, 9.17) is 15.0 Å². The van der Waals surface area contributed by atoms with Crippen LogP contribution in [0.1, 0.15) is 59.8 Å². The van der Waals surface area contributed by atoms with Crippen LogP contribution in [0.3, 0.4) is 0 Å².